The van der Waals surface area contributed by atoms with E-state index in [1.807, 2.05) is 36.7 Å². The Kier molecular flexibility index (Phi) is 7.95. The molecule has 34 heavy (non-hydrogen) atoms. The minimum Gasteiger partial charge on any atom is -0.380 e. The molecule has 3 aromatic heterocycles. The van der Waals surface area contributed by atoms with Gasteiger partial charge in [-0.15, -0.1) is 0 Å². The van der Waals surface area contributed by atoms with E-state index in [4.69, 9.17) is 19.8 Å². The number of nitrogens with one attached hydrogen (secondary N) is 2. The molecule has 4 heterocycles. The van der Waals surface area contributed by atoms with E-state index in [-0.39, 0.29) is 0 Å². The number of nitrogens with zero attached hydrogens (tertiary/aromatic N) is 6. The van der Waals surface area contributed by atoms with E-state index in [2.05, 4.69) is 41.3 Å². The Labute approximate surface area is 202 Å². The highest BCUT2D eigenvalue weighted by Crippen LogP contribution is 2.28. The van der Waals surface area contributed by atoms with Gasteiger partial charge in [-0.25, -0.2) is 9.97 Å². The zero-order valence-corrected chi connectivity index (χ0v) is 21.1. The number of hydrogen-bond donors (Lipinski definition) is 2. The molecule has 1 aliphatic rings. The normalized spacial score (nSPS) is 15.4. The van der Waals surface area contributed by atoms with Crippen molar-refractivity contribution in [3.8, 4) is 0 Å². The van der Waals surface area contributed by atoms with Gasteiger partial charge in [0.2, 0.25) is 5.95 Å². The van der Waals surface area contributed by atoms with Crippen molar-refractivity contribution in [3.63, 3.8) is 0 Å². The molecule has 1 fully saturated rings. The van der Waals surface area contributed by atoms with Crippen LogP contribution in [-0.4, -0.2) is 68.0 Å². The molecule has 0 bridgehead atoms. The second kappa shape index (κ2) is 11.1. The summed E-state index contributed by atoms with van der Waals surface area (Å²) in [7, 11) is 0. The second-order valence-electron chi connectivity index (χ2n) is 9.15. The molecular weight excluding hydrogens is 428 g/mol. The van der Waals surface area contributed by atoms with Crippen LogP contribution in [0.3, 0.4) is 0 Å². The molecule has 1 saturated heterocycles. The van der Waals surface area contributed by atoms with Gasteiger partial charge in [-0.2, -0.15) is 10.1 Å². The second-order valence-corrected chi connectivity index (χ2v) is 9.15. The molecule has 1 aliphatic heterocycles. The van der Waals surface area contributed by atoms with Gasteiger partial charge in [-0.3, -0.25) is 4.68 Å². The Morgan fingerprint density at radius 2 is 1.91 bits per heavy atom. The van der Waals surface area contributed by atoms with Crippen LogP contribution in [0.25, 0.3) is 11.0 Å². The van der Waals surface area contributed by atoms with Crippen molar-refractivity contribution >= 4 is 28.6 Å². The van der Waals surface area contributed by atoms with Crippen molar-refractivity contribution in [1.82, 2.24) is 29.6 Å². The third-order valence-electron chi connectivity index (χ3n) is 6.37. The van der Waals surface area contributed by atoms with Gasteiger partial charge in [0, 0.05) is 37.5 Å². The van der Waals surface area contributed by atoms with Gasteiger partial charge in [-0.05, 0) is 59.1 Å². The zero-order chi connectivity index (χ0) is 24.1. The van der Waals surface area contributed by atoms with Crippen LogP contribution >= 0.6 is 0 Å². The predicted octanol–water partition coefficient (Wildman–Crippen LogP) is 4.16. The highest BCUT2D eigenvalue weighted by Gasteiger charge is 2.23. The van der Waals surface area contributed by atoms with E-state index in [1.54, 1.807) is 0 Å². The highest BCUT2D eigenvalue weighted by molar-refractivity contribution is 5.90. The Bertz CT molecular complexity index is 1090. The zero-order valence-electron chi connectivity index (χ0n) is 21.1. The number of likely N-dealkylation sites (tertiary alicyclic amines) is 1. The number of fused-ring (bicyclic) bond motifs is 1. The topological polar surface area (TPSA) is 93.0 Å². The van der Waals surface area contributed by atoms with E-state index in [9.17, 15) is 0 Å². The van der Waals surface area contributed by atoms with Gasteiger partial charge < -0.3 is 20.3 Å². The van der Waals surface area contributed by atoms with Crippen molar-refractivity contribution in [2.75, 3.05) is 36.9 Å². The third kappa shape index (κ3) is 5.64. The lowest BCUT2D eigenvalue weighted by molar-refractivity contribution is 0.137. The Morgan fingerprint density at radius 1 is 1.12 bits per heavy atom. The largest absolute Gasteiger partial charge is 0.380 e. The molecule has 0 radical (unpaired) electrons. The number of ether oxygens (including phenoxy) is 1. The first-order valence-electron chi connectivity index (χ1n) is 12.5. The maximum absolute atomic E-state index is 5.60. The standard InChI is InChI=1S/C25H38N8O/c1-6-20-22-23(33(31-20)15-16-34-7-2)24(28-21-10-8-9-18(5)26-21)30-25(29-22)27-19-11-13-32(14-12-19)17(3)4/h8-10,17,19H,6-7,11-16H2,1-5H3,(H2,26,27,28,29,30). The fraction of sp³-hybridized carbons (Fsp3) is 0.600. The fourth-order valence-electron chi connectivity index (χ4n) is 4.47. The molecule has 0 atom stereocenters. The Balaban J connectivity index is 1.68. The van der Waals surface area contributed by atoms with Gasteiger partial charge in [0.25, 0.3) is 0 Å². The summed E-state index contributed by atoms with van der Waals surface area (Å²) in [6, 6.07) is 6.88. The van der Waals surface area contributed by atoms with Crippen molar-refractivity contribution in [2.45, 2.75) is 72.5 Å². The third-order valence-corrected chi connectivity index (χ3v) is 6.37. The maximum Gasteiger partial charge on any atom is 0.225 e. The van der Waals surface area contributed by atoms with Gasteiger partial charge in [0.05, 0.1) is 18.8 Å². The molecule has 0 spiro atoms. The van der Waals surface area contributed by atoms with Crippen LogP contribution in [-0.2, 0) is 17.7 Å². The number of hydrogen-bond acceptors (Lipinski definition) is 8. The van der Waals surface area contributed by atoms with Crippen LogP contribution in [0.2, 0.25) is 0 Å². The number of aryl methyl sites for hydroxylation is 2. The van der Waals surface area contributed by atoms with Gasteiger partial charge in [0.1, 0.15) is 16.9 Å². The number of pyridine rings is 1. The Hall–Kier alpha value is -2.78. The minimum absolute atomic E-state index is 0.357. The average molecular weight is 467 g/mol. The first-order valence-corrected chi connectivity index (χ1v) is 12.5. The monoisotopic (exact) mass is 466 g/mol. The lowest BCUT2D eigenvalue weighted by Crippen LogP contribution is -2.42. The molecule has 0 aromatic carbocycles. The summed E-state index contributed by atoms with van der Waals surface area (Å²) in [5, 5.41) is 11.9. The Morgan fingerprint density at radius 3 is 2.59 bits per heavy atom. The van der Waals surface area contributed by atoms with Gasteiger partial charge in [-0.1, -0.05) is 13.0 Å². The summed E-state index contributed by atoms with van der Waals surface area (Å²) < 4.78 is 7.57. The van der Waals surface area contributed by atoms with Crippen molar-refractivity contribution in [2.24, 2.45) is 0 Å². The van der Waals surface area contributed by atoms with Crippen LogP contribution in [0, 0.1) is 6.92 Å². The average Bonchev–Trinajstić information content (AvgIpc) is 3.17. The SMILES string of the molecule is CCOCCn1nc(CC)c2nc(NC3CCN(C(C)C)CC3)nc(Nc3cccc(C)n3)c21. The molecule has 184 valence electrons. The molecular formula is C25H38N8O. The molecule has 2 N–H and O–H groups in total. The van der Waals surface area contributed by atoms with Crippen LogP contribution in [0.15, 0.2) is 18.2 Å². The molecule has 4 rings (SSSR count). The van der Waals surface area contributed by atoms with Gasteiger partial charge >= 0.3 is 0 Å². The van der Waals surface area contributed by atoms with E-state index < -0.39 is 0 Å². The van der Waals surface area contributed by atoms with Crippen molar-refractivity contribution in [3.05, 3.63) is 29.6 Å². The lowest BCUT2D eigenvalue weighted by atomic mass is 10.0. The summed E-state index contributed by atoms with van der Waals surface area (Å²) >= 11 is 0. The molecule has 0 unspecified atom stereocenters. The van der Waals surface area contributed by atoms with Crippen LogP contribution in [0.1, 0.15) is 51.9 Å². The van der Waals surface area contributed by atoms with E-state index in [0.717, 1.165) is 60.6 Å². The number of aromatic nitrogens is 5. The van der Waals surface area contributed by atoms with Crippen molar-refractivity contribution < 1.29 is 4.74 Å². The fourth-order valence-corrected chi connectivity index (χ4v) is 4.47. The molecule has 0 amide bonds. The molecule has 3 aromatic rings. The summed E-state index contributed by atoms with van der Waals surface area (Å²) in [5.74, 6) is 2.12. The molecule has 9 heteroatoms. The number of piperidine rings is 1. The molecule has 9 nitrogen and oxygen atoms in total. The quantitative estimate of drug-likeness (QED) is 0.430. The number of anilines is 3. The van der Waals surface area contributed by atoms with Crippen LogP contribution < -0.4 is 10.6 Å². The first kappa shape index (κ1) is 24.3. The highest BCUT2D eigenvalue weighted by atomic mass is 16.5. The smallest absolute Gasteiger partial charge is 0.225 e. The first-order chi connectivity index (χ1) is 16.5. The van der Waals surface area contributed by atoms with Crippen LogP contribution in [0.4, 0.5) is 17.6 Å². The predicted molar refractivity (Wildman–Crippen MR) is 137 cm³/mol. The molecule has 0 aliphatic carbocycles. The molecule has 0 saturated carbocycles. The summed E-state index contributed by atoms with van der Waals surface area (Å²) in [6.45, 7) is 14.7. The number of rotatable bonds is 10. The van der Waals surface area contributed by atoms with E-state index in [0.29, 0.717) is 43.6 Å². The maximum atomic E-state index is 5.60. The lowest BCUT2D eigenvalue weighted by Gasteiger charge is -2.34. The van der Waals surface area contributed by atoms with Gasteiger partial charge in [0.15, 0.2) is 5.82 Å². The summed E-state index contributed by atoms with van der Waals surface area (Å²) in [4.78, 5) is 17.0. The summed E-state index contributed by atoms with van der Waals surface area (Å²) in [6.07, 6.45) is 2.95. The van der Waals surface area contributed by atoms with E-state index in [1.165, 1.54) is 0 Å². The van der Waals surface area contributed by atoms with Crippen LogP contribution in [0.5, 0.6) is 0 Å². The van der Waals surface area contributed by atoms with E-state index >= 15 is 0 Å². The summed E-state index contributed by atoms with van der Waals surface area (Å²) in [5.41, 5.74) is 3.68. The minimum atomic E-state index is 0.357. The van der Waals surface area contributed by atoms with Crippen molar-refractivity contribution in [1.29, 1.82) is 0 Å².